The van der Waals surface area contributed by atoms with E-state index < -0.39 is 5.91 Å². The van der Waals surface area contributed by atoms with Crippen LogP contribution < -0.4 is 10.6 Å². The molecule has 2 aromatic rings. The minimum Gasteiger partial charge on any atom is -0.364 e. The van der Waals surface area contributed by atoms with Crippen LogP contribution in [0, 0.1) is 12.8 Å². The van der Waals surface area contributed by atoms with Gasteiger partial charge in [0.05, 0.1) is 0 Å². The first-order chi connectivity index (χ1) is 13.8. The lowest BCUT2D eigenvalue weighted by molar-refractivity contribution is -0.120. The van der Waals surface area contributed by atoms with Gasteiger partial charge >= 0.3 is 0 Å². The molecule has 6 heteroatoms. The summed E-state index contributed by atoms with van der Waals surface area (Å²) < 4.78 is 0. The average molecular weight is 395 g/mol. The van der Waals surface area contributed by atoms with Gasteiger partial charge in [0.15, 0.2) is 0 Å². The smallest absolute Gasteiger partial charge is 0.267 e. The molecular weight excluding hydrogens is 364 g/mol. The van der Waals surface area contributed by atoms with E-state index in [9.17, 15) is 9.59 Å². The van der Waals surface area contributed by atoms with Crippen LogP contribution in [0.3, 0.4) is 0 Å². The Balaban J connectivity index is 1.67. The number of carbonyl (C=O) groups is 2. The molecule has 0 bridgehead atoms. The Morgan fingerprint density at radius 3 is 2.55 bits per heavy atom. The molecule has 0 saturated carbocycles. The monoisotopic (exact) mass is 394 g/mol. The normalized spacial score (nSPS) is 15.9. The maximum Gasteiger partial charge on any atom is 0.267 e. The summed E-state index contributed by atoms with van der Waals surface area (Å²) in [6.45, 7) is 8.23. The van der Waals surface area contributed by atoms with E-state index in [4.69, 9.17) is 10.7 Å². The molecule has 0 aromatic carbocycles. The van der Waals surface area contributed by atoms with Crippen LogP contribution in [0.4, 0.5) is 5.82 Å². The van der Waals surface area contributed by atoms with Gasteiger partial charge in [-0.25, -0.2) is 4.98 Å². The molecule has 1 unspecified atom stereocenters. The van der Waals surface area contributed by atoms with E-state index in [1.165, 1.54) is 12.8 Å². The van der Waals surface area contributed by atoms with Crippen LogP contribution in [-0.4, -0.2) is 34.7 Å². The fourth-order valence-corrected chi connectivity index (χ4v) is 3.73. The number of aromatic nitrogens is 2. The quantitative estimate of drug-likeness (QED) is 0.777. The molecule has 1 aliphatic rings. The molecule has 1 fully saturated rings. The second-order valence-corrected chi connectivity index (χ2v) is 8.13. The van der Waals surface area contributed by atoms with E-state index in [2.05, 4.69) is 22.9 Å². The number of nitrogens with two attached hydrogens (primary N) is 1. The Bertz CT molecular complexity index is 871. The van der Waals surface area contributed by atoms with E-state index in [1.54, 1.807) is 18.3 Å². The number of primary amides is 1. The van der Waals surface area contributed by atoms with Crippen molar-refractivity contribution in [3.63, 3.8) is 0 Å². The number of aryl methyl sites for hydroxylation is 2. The van der Waals surface area contributed by atoms with Crippen molar-refractivity contribution in [1.82, 2.24) is 9.97 Å². The molecule has 2 N–H and O–H groups in total. The number of nitrogens with zero attached hydrogens (tertiary/aromatic N) is 3. The van der Waals surface area contributed by atoms with E-state index in [1.807, 2.05) is 19.9 Å². The van der Waals surface area contributed by atoms with Gasteiger partial charge in [0.1, 0.15) is 17.3 Å². The van der Waals surface area contributed by atoms with E-state index in [0.29, 0.717) is 12.8 Å². The summed E-state index contributed by atoms with van der Waals surface area (Å²) in [5, 5.41) is 0. The van der Waals surface area contributed by atoms with Crippen LogP contribution in [0.2, 0.25) is 0 Å². The Morgan fingerprint density at radius 2 is 1.93 bits per heavy atom. The number of ketones is 1. The molecule has 2 aromatic heterocycles. The molecule has 3 heterocycles. The SMILES string of the molecule is Cc1ccc(CCC(=O)C(C)c2ccc(C(N)=O)nc2)c(N2CCC(C)CC2)n1. The summed E-state index contributed by atoms with van der Waals surface area (Å²) >= 11 is 0. The van der Waals surface area contributed by atoms with Gasteiger partial charge in [-0.15, -0.1) is 0 Å². The zero-order valence-corrected chi connectivity index (χ0v) is 17.5. The number of amides is 1. The summed E-state index contributed by atoms with van der Waals surface area (Å²) in [6, 6.07) is 7.45. The van der Waals surface area contributed by atoms with Crippen LogP contribution in [0.25, 0.3) is 0 Å². The number of rotatable bonds is 7. The molecule has 0 radical (unpaired) electrons. The molecule has 1 atom stereocenters. The summed E-state index contributed by atoms with van der Waals surface area (Å²) in [5.41, 5.74) is 8.37. The average Bonchev–Trinajstić information content (AvgIpc) is 2.72. The molecule has 6 nitrogen and oxygen atoms in total. The zero-order valence-electron chi connectivity index (χ0n) is 17.5. The number of pyridine rings is 2. The number of Topliss-reactive ketones (excluding diaryl/α,β-unsaturated/α-hetero) is 1. The Morgan fingerprint density at radius 1 is 1.21 bits per heavy atom. The third-order valence-electron chi connectivity index (χ3n) is 5.84. The van der Waals surface area contributed by atoms with E-state index in [0.717, 1.165) is 41.6 Å². The van der Waals surface area contributed by atoms with Crippen LogP contribution in [0.5, 0.6) is 0 Å². The number of hydrogen-bond donors (Lipinski definition) is 1. The van der Waals surface area contributed by atoms with Crippen LogP contribution in [0.1, 0.15) is 66.3 Å². The van der Waals surface area contributed by atoms with Crippen LogP contribution in [0.15, 0.2) is 30.5 Å². The standard InChI is InChI=1S/C23H30N4O2/c1-15-10-12-27(13-11-15)23-18(5-4-16(2)26-23)7-9-21(28)17(3)19-6-8-20(22(24)29)25-14-19/h4-6,8,14-15,17H,7,9-13H2,1-3H3,(H2,24,29). The molecule has 1 amide bonds. The lowest BCUT2D eigenvalue weighted by atomic mass is 9.93. The molecule has 0 aliphatic carbocycles. The highest BCUT2D eigenvalue weighted by Gasteiger charge is 2.21. The van der Waals surface area contributed by atoms with Crippen molar-refractivity contribution in [3.05, 3.63) is 53.0 Å². The molecule has 1 saturated heterocycles. The minimum absolute atomic E-state index is 0.150. The maximum atomic E-state index is 12.8. The zero-order chi connectivity index (χ0) is 21.0. The highest BCUT2D eigenvalue weighted by Crippen LogP contribution is 2.27. The van der Waals surface area contributed by atoms with Crippen LogP contribution in [-0.2, 0) is 11.2 Å². The van der Waals surface area contributed by atoms with Crippen molar-refractivity contribution < 1.29 is 9.59 Å². The van der Waals surface area contributed by atoms with Gasteiger partial charge in [-0.1, -0.05) is 26.0 Å². The topological polar surface area (TPSA) is 89.2 Å². The minimum atomic E-state index is -0.568. The molecule has 1 aliphatic heterocycles. The Kier molecular flexibility index (Phi) is 6.62. The van der Waals surface area contributed by atoms with Gasteiger partial charge in [-0.3, -0.25) is 14.6 Å². The van der Waals surface area contributed by atoms with E-state index >= 15 is 0 Å². The number of hydrogen-bond acceptors (Lipinski definition) is 5. The lowest BCUT2D eigenvalue weighted by Crippen LogP contribution is -2.34. The van der Waals surface area contributed by atoms with Crippen molar-refractivity contribution in [2.24, 2.45) is 11.7 Å². The highest BCUT2D eigenvalue weighted by atomic mass is 16.1. The number of anilines is 1. The van der Waals surface area contributed by atoms with Gasteiger partial charge in [-0.2, -0.15) is 0 Å². The van der Waals surface area contributed by atoms with Crippen LogP contribution >= 0.6 is 0 Å². The molecule has 0 spiro atoms. The molecule has 154 valence electrons. The predicted octanol–water partition coefficient (Wildman–Crippen LogP) is 3.43. The Hall–Kier alpha value is -2.76. The van der Waals surface area contributed by atoms with Crippen molar-refractivity contribution in [3.8, 4) is 0 Å². The predicted molar refractivity (Wildman–Crippen MR) is 114 cm³/mol. The third kappa shape index (κ3) is 5.19. The number of piperidine rings is 1. The summed E-state index contributed by atoms with van der Waals surface area (Å²) in [6.07, 6.45) is 5.04. The largest absolute Gasteiger partial charge is 0.364 e. The second kappa shape index (κ2) is 9.16. The second-order valence-electron chi connectivity index (χ2n) is 8.13. The molecular formula is C23H30N4O2. The van der Waals surface area contributed by atoms with Crippen molar-refractivity contribution in [1.29, 1.82) is 0 Å². The highest BCUT2D eigenvalue weighted by molar-refractivity contribution is 5.91. The Labute approximate surface area is 172 Å². The first kappa shape index (κ1) is 21.0. The van der Waals surface area contributed by atoms with Gasteiger partial charge in [0.2, 0.25) is 0 Å². The van der Waals surface area contributed by atoms with Crippen molar-refractivity contribution in [2.45, 2.75) is 52.4 Å². The van der Waals surface area contributed by atoms with Crippen molar-refractivity contribution in [2.75, 3.05) is 18.0 Å². The summed E-state index contributed by atoms with van der Waals surface area (Å²) in [5.74, 6) is 1.10. The summed E-state index contributed by atoms with van der Waals surface area (Å²) in [7, 11) is 0. The van der Waals surface area contributed by atoms with Crippen molar-refractivity contribution >= 4 is 17.5 Å². The van der Waals surface area contributed by atoms with Gasteiger partial charge in [-0.05, 0) is 55.4 Å². The van der Waals surface area contributed by atoms with E-state index in [-0.39, 0.29) is 17.4 Å². The fourth-order valence-electron chi connectivity index (χ4n) is 3.73. The van der Waals surface area contributed by atoms with Gasteiger partial charge in [0, 0.05) is 37.3 Å². The fraction of sp³-hybridized carbons (Fsp3) is 0.478. The maximum absolute atomic E-state index is 12.8. The van der Waals surface area contributed by atoms with Gasteiger partial charge < -0.3 is 10.6 Å². The first-order valence-electron chi connectivity index (χ1n) is 10.3. The van der Waals surface area contributed by atoms with Gasteiger partial charge in [0.25, 0.3) is 5.91 Å². The number of carbonyl (C=O) groups excluding carboxylic acids is 2. The molecule has 29 heavy (non-hydrogen) atoms. The lowest BCUT2D eigenvalue weighted by Gasteiger charge is -2.32. The molecule has 3 rings (SSSR count). The first-order valence-corrected chi connectivity index (χ1v) is 10.3. The third-order valence-corrected chi connectivity index (χ3v) is 5.84. The summed E-state index contributed by atoms with van der Waals surface area (Å²) in [4.78, 5) is 35.1.